The molecule has 0 spiro atoms. The molecule has 1 N–H and O–H groups in total. The maximum Gasteiger partial charge on any atom is 0.130 e. The quantitative estimate of drug-likeness (QED) is 0.421. The third kappa shape index (κ3) is 1.90. The van der Waals surface area contributed by atoms with Gasteiger partial charge in [-0.1, -0.05) is 0 Å². The molecule has 1 unspecified atom stereocenters. The maximum atomic E-state index is 5.00. The Balaban J connectivity index is 1.97. The predicted octanol–water partition coefficient (Wildman–Crippen LogP) is -1.47. The molecular formula is C5H12NO+. The first kappa shape index (κ1) is 5.06. The fourth-order valence-corrected chi connectivity index (χ4v) is 0.641. The Kier molecular flexibility index (Phi) is 1.30. The minimum atomic E-state index is 0.588. The number of epoxide rings is 1. The summed E-state index contributed by atoms with van der Waals surface area (Å²) in [6.45, 7) is 2.16. The lowest BCUT2D eigenvalue weighted by atomic mass is 10.5. The maximum absolute atomic E-state index is 5.00. The Morgan fingerprint density at radius 3 is 2.43 bits per heavy atom. The summed E-state index contributed by atoms with van der Waals surface area (Å²) in [6.07, 6.45) is 0.588. The molecule has 2 nitrogen and oxygen atoms in total. The van der Waals surface area contributed by atoms with Crippen molar-refractivity contribution in [3.8, 4) is 0 Å². The van der Waals surface area contributed by atoms with E-state index in [1.165, 1.54) is 11.4 Å². The van der Waals surface area contributed by atoms with Crippen molar-refractivity contribution >= 4 is 0 Å². The average Bonchev–Trinajstić information content (AvgIpc) is 2.17. The predicted molar refractivity (Wildman–Crippen MR) is 27.4 cm³/mol. The van der Waals surface area contributed by atoms with Crippen molar-refractivity contribution < 1.29 is 9.64 Å². The van der Waals surface area contributed by atoms with Gasteiger partial charge in [-0.25, -0.2) is 0 Å². The van der Waals surface area contributed by atoms with Gasteiger partial charge in [-0.3, -0.25) is 0 Å². The van der Waals surface area contributed by atoms with Gasteiger partial charge < -0.3 is 9.64 Å². The van der Waals surface area contributed by atoms with Crippen LogP contribution in [0.4, 0.5) is 0 Å². The first-order valence-electron chi connectivity index (χ1n) is 2.69. The van der Waals surface area contributed by atoms with Crippen LogP contribution in [0, 0.1) is 0 Å². The smallest absolute Gasteiger partial charge is 0.130 e. The number of hydrogen-bond acceptors (Lipinski definition) is 1. The molecule has 2 heteroatoms. The monoisotopic (exact) mass is 102 g/mol. The summed E-state index contributed by atoms with van der Waals surface area (Å²) in [4.78, 5) is 1.47. The van der Waals surface area contributed by atoms with E-state index >= 15 is 0 Å². The average molecular weight is 102 g/mol. The van der Waals surface area contributed by atoms with Gasteiger partial charge in [0.1, 0.15) is 12.6 Å². The van der Waals surface area contributed by atoms with Crippen molar-refractivity contribution in [2.24, 2.45) is 0 Å². The molecule has 0 saturated carbocycles. The van der Waals surface area contributed by atoms with Gasteiger partial charge in [0, 0.05) is 0 Å². The molecule has 1 heterocycles. The molecule has 1 aliphatic heterocycles. The van der Waals surface area contributed by atoms with Gasteiger partial charge in [-0.05, 0) is 0 Å². The molecule has 0 bridgehead atoms. The topological polar surface area (TPSA) is 17.0 Å². The zero-order chi connectivity index (χ0) is 5.28. The second-order valence-electron chi connectivity index (χ2n) is 2.37. The molecule has 0 aromatic carbocycles. The van der Waals surface area contributed by atoms with Crippen LogP contribution in [-0.4, -0.2) is 33.4 Å². The second-order valence-corrected chi connectivity index (χ2v) is 2.37. The van der Waals surface area contributed by atoms with Crippen LogP contribution in [-0.2, 0) is 4.74 Å². The molecular weight excluding hydrogens is 90.1 g/mol. The van der Waals surface area contributed by atoms with Crippen LogP contribution in [0.3, 0.4) is 0 Å². The molecule has 0 radical (unpaired) electrons. The Labute approximate surface area is 44.1 Å². The molecule has 1 saturated heterocycles. The summed E-state index contributed by atoms with van der Waals surface area (Å²) >= 11 is 0. The van der Waals surface area contributed by atoms with E-state index < -0.39 is 0 Å². The third-order valence-corrected chi connectivity index (χ3v) is 1.04. The van der Waals surface area contributed by atoms with E-state index in [1.807, 2.05) is 0 Å². The molecule has 0 aromatic heterocycles. The van der Waals surface area contributed by atoms with Gasteiger partial charge in [0.15, 0.2) is 0 Å². The van der Waals surface area contributed by atoms with Gasteiger partial charge in [-0.2, -0.15) is 0 Å². The van der Waals surface area contributed by atoms with Crippen LogP contribution < -0.4 is 4.90 Å². The van der Waals surface area contributed by atoms with Crippen LogP contribution in [0.5, 0.6) is 0 Å². The van der Waals surface area contributed by atoms with Crippen LogP contribution in [0.15, 0.2) is 0 Å². The van der Waals surface area contributed by atoms with Gasteiger partial charge in [0.2, 0.25) is 0 Å². The number of quaternary nitrogens is 1. The van der Waals surface area contributed by atoms with Gasteiger partial charge in [0.25, 0.3) is 0 Å². The highest BCUT2D eigenvalue weighted by Crippen LogP contribution is 2.03. The number of rotatable bonds is 2. The number of likely N-dealkylation sites (N-methyl/N-ethyl adjacent to an activating group) is 1. The van der Waals surface area contributed by atoms with Crippen molar-refractivity contribution in [3.05, 3.63) is 0 Å². The minimum absolute atomic E-state index is 0.588. The molecule has 1 aliphatic rings. The largest absolute Gasteiger partial charge is 0.367 e. The Hall–Kier alpha value is -0.0800. The van der Waals surface area contributed by atoms with Gasteiger partial charge >= 0.3 is 0 Å². The van der Waals surface area contributed by atoms with Crippen molar-refractivity contribution in [1.82, 2.24) is 0 Å². The van der Waals surface area contributed by atoms with Crippen LogP contribution in [0.1, 0.15) is 0 Å². The Morgan fingerprint density at radius 2 is 2.29 bits per heavy atom. The minimum Gasteiger partial charge on any atom is -0.367 e. The molecule has 1 fully saturated rings. The van der Waals surface area contributed by atoms with Crippen LogP contribution >= 0.6 is 0 Å². The SMILES string of the molecule is C[NH+](C)CC1CO1. The van der Waals surface area contributed by atoms with Crippen molar-refractivity contribution in [1.29, 1.82) is 0 Å². The zero-order valence-corrected chi connectivity index (χ0v) is 4.90. The summed E-state index contributed by atoms with van der Waals surface area (Å²) in [6, 6.07) is 0. The first-order chi connectivity index (χ1) is 3.29. The second kappa shape index (κ2) is 1.80. The number of hydrogen-bond donors (Lipinski definition) is 1. The fraction of sp³-hybridized carbons (Fsp3) is 1.00. The highest BCUT2D eigenvalue weighted by molar-refractivity contribution is 4.65. The first-order valence-corrected chi connectivity index (χ1v) is 2.69. The lowest BCUT2D eigenvalue weighted by molar-refractivity contribution is -0.858. The van der Waals surface area contributed by atoms with Crippen molar-refractivity contribution in [2.75, 3.05) is 27.2 Å². The van der Waals surface area contributed by atoms with E-state index in [0.29, 0.717) is 6.10 Å². The molecule has 0 aromatic rings. The standard InChI is InChI=1S/C5H11NO/c1-6(2)3-5-4-7-5/h5H,3-4H2,1-2H3/p+1. The summed E-state index contributed by atoms with van der Waals surface area (Å²) < 4.78 is 5.00. The van der Waals surface area contributed by atoms with E-state index in [2.05, 4.69) is 14.1 Å². The summed E-state index contributed by atoms with van der Waals surface area (Å²) in [7, 11) is 4.28. The number of nitrogens with one attached hydrogen (secondary N) is 1. The Morgan fingerprint density at radius 1 is 1.71 bits per heavy atom. The van der Waals surface area contributed by atoms with E-state index in [4.69, 9.17) is 4.74 Å². The zero-order valence-electron chi connectivity index (χ0n) is 4.90. The third-order valence-electron chi connectivity index (χ3n) is 1.04. The molecule has 42 valence electrons. The van der Waals surface area contributed by atoms with E-state index in [1.54, 1.807) is 0 Å². The highest BCUT2D eigenvalue weighted by atomic mass is 16.6. The van der Waals surface area contributed by atoms with Gasteiger partial charge in [-0.15, -0.1) is 0 Å². The fourth-order valence-electron chi connectivity index (χ4n) is 0.641. The highest BCUT2D eigenvalue weighted by Gasteiger charge is 2.24. The van der Waals surface area contributed by atoms with E-state index in [-0.39, 0.29) is 0 Å². The van der Waals surface area contributed by atoms with E-state index in [0.717, 1.165) is 6.61 Å². The van der Waals surface area contributed by atoms with Crippen LogP contribution in [0.25, 0.3) is 0 Å². The summed E-state index contributed by atoms with van der Waals surface area (Å²) in [5.74, 6) is 0. The van der Waals surface area contributed by atoms with Gasteiger partial charge in [0.05, 0.1) is 20.7 Å². The van der Waals surface area contributed by atoms with Crippen molar-refractivity contribution in [2.45, 2.75) is 6.10 Å². The number of ether oxygens (including phenoxy) is 1. The lowest BCUT2D eigenvalue weighted by Crippen LogP contribution is -3.06. The lowest BCUT2D eigenvalue weighted by Gasteiger charge is -2.01. The molecule has 0 amide bonds. The summed E-state index contributed by atoms with van der Waals surface area (Å²) in [5, 5.41) is 0. The normalized spacial score (nSPS) is 28.7. The van der Waals surface area contributed by atoms with Crippen molar-refractivity contribution in [3.63, 3.8) is 0 Å². The van der Waals surface area contributed by atoms with Crippen LogP contribution in [0.2, 0.25) is 0 Å². The molecule has 1 rings (SSSR count). The van der Waals surface area contributed by atoms with E-state index in [9.17, 15) is 0 Å². The molecule has 0 aliphatic carbocycles. The molecule has 1 atom stereocenters. The summed E-state index contributed by atoms with van der Waals surface area (Å²) in [5.41, 5.74) is 0. The molecule has 7 heavy (non-hydrogen) atoms. The Bertz CT molecular complexity index is 59.1.